The summed E-state index contributed by atoms with van der Waals surface area (Å²) < 4.78 is 17.1. The number of hydrogen-bond donors (Lipinski definition) is 0. The molecule has 0 unspecified atom stereocenters. The number of fused-ring (bicyclic) bond motifs is 1. The fraction of sp³-hybridized carbons (Fsp3) is 0.357. The van der Waals surface area contributed by atoms with Crippen molar-refractivity contribution in [2.24, 2.45) is 0 Å². The monoisotopic (exact) mass is 264 g/mol. The molecule has 0 aliphatic heterocycles. The minimum absolute atomic E-state index is 0.325. The summed E-state index contributed by atoms with van der Waals surface area (Å²) in [6.07, 6.45) is 0.325. The van der Waals surface area contributed by atoms with Gasteiger partial charge in [0.05, 0.1) is 18.7 Å². The van der Waals surface area contributed by atoms with E-state index in [-0.39, 0.29) is 5.63 Å². The smallest absolute Gasteiger partial charge is 0.344 e. The predicted octanol–water partition coefficient (Wildman–Crippen LogP) is 3.53. The van der Waals surface area contributed by atoms with Crippen molar-refractivity contribution in [2.45, 2.75) is 20.0 Å². The lowest BCUT2D eigenvalue weighted by Gasteiger charge is -2.08. The van der Waals surface area contributed by atoms with Crippen molar-refractivity contribution in [2.75, 3.05) is 13.3 Å². The molecule has 96 valence electrons. The highest BCUT2D eigenvalue weighted by atomic mass is 31.2. The van der Waals surface area contributed by atoms with Crippen molar-refractivity contribution >= 4 is 17.9 Å². The Balaban J connectivity index is 2.69. The zero-order chi connectivity index (χ0) is 13.5. The maximum absolute atomic E-state index is 12.0. The van der Waals surface area contributed by atoms with Gasteiger partial charge in [-0.1, -0.05) is 17.7 Å². The van der Waals surface area contributed by atoms with Crippen LogP contribution in [0.15, 0.2) is 27.4 Å². The Labute approximate surface area is 106 Å². The van der Waals surface area contributed by atoms with Gasteiger partial charge in [0.25, 0.3) is 0 Å². The molecule has 2 aromatic rings. The highest BCUT2D eigenvalue weighted by Gasteiger charge is 2.13. The Kier molecular flexibility index (Phi) is 3.20. The molecule has 0 spiro atoms. The van der Waals surface area contributed by atoms with Gasteiger partial charge in [-0.3, -0.25) is 0 Å². The Morgan fingerprint density at radius 3 is 2.44 bits per heavy atom. The van der Waals surface area contributed by atoms with Crippen LogP contribution in [0.25, 0.3) is 10.8 Å². The van der Waals surface area contributed by atoms with Crippen LogP contribution in [0.1, 0.15) is 16.9 Å². The van der Waals surface area contributed by atoms with Crippen molar-refractivity contribution in [3.63, 3.8) is 0 Å². The largest absolute Gasteiger partial charge is 0.427 e. The van der Waals surface area contributed by atoms with E-state index in [0.717, 1.165) is 16.5 Å². The highest BCUT2D eigenvalue weighted by Crippen LogP contribution is 2.40. The summed E-state index contributed by atoms with van der Waals surface area (Å²) in [4.78, 5) is 12.0. The van der Waals surface area contributed by atoms with Gasteiger partial charge >= 0.3 is 5.63 Å². The Bertz CT molecular complexity index is 707. The van der Waals surface area contributed by atoms with Crippen LogP contribution in [0, 0.1) is 13.8 Å². The predicted molar refractivity (Wildman–Crippen MR) is 75.1 cm³/mol. The van der Waals surface area contributed by atoms with Crippen LogP contribution < -0.4 is 5.63 Å². The summed E-state index contributed by atoms with van der Waals surface area (Å²) in [5.41, 5.74) is 1.68. The first-order valence-electron chi connectivity index (χ1n) is 5.84. The van der Waals surface area contributed by atoms with Crippen LogP contribution >= 0.6 is 7.14 Å². The van der Waals surface area contributed by atoms with Gasteiger partial charge < -0.3 is 8.98 Å². The van der Waals surface area contributed by atoms with Gasteiger partial charge in [0, 0.05) is 0 Å². The van der Waals surface area contributed by atoms with Crippen molar-refractivity contribution in [1.29, 1.82) is 0 Å². The molecule has 1 aromatic heterocycles. The lowest BCUT2D eigenvalue weighted by Crippen LogP contribution is -2.04. The standard InChI is InChI=1S/C14H17O3P/c1-9-5-10(2)13-11(6-9)7-12(17-14(13)15)8-18(3,4)16/h5-7H,8H2,1-4H3. The van der Waals surface area contributed by atoms with Gasteiger partial charge in [-0.25, -0.2) is 4.79 Å². The molecule has 0 aliphatic carbocycles. The molecule has 4 heteroatoms. The lowest BCUT2D eigenvalue weighted by atomic mass is 10.0. The van der Waals surface area contributed by atoms with Crippen LogP contribution in [-0.2, 0) is 10.7 Å². The van der Waals surface area contributed by atoms with E-state index in [9.17, 15) is 9.36 Å². The molecular formula is C14H17O3P. The second kappa shape index (κ2) is 4.40. The van der Waals surface area contributed by atoms with Gasteiger partial charge in [-0.15, -0.1) is 0 Å². The third kappa shape index (κ3) is 2.73. The Hall–Kier alpha value is -1.34. The van der Waals surface area contributed by atoms with Gasteiger partial charge in [0.15, 0.2) is 0 Å². The van der Waals surface area contributed by atoms with Crippen LogP contribution in [0.4, 0.5) is 0 Å². The quantitative estimate of drug-likeness (QED) is 0.779. The fourth-order valence-electron chi connectivity index (χ4n) is 2.22. The Morgan fingerprint density at radius 2 is 1.83 bits per heavy atom. The van der Waals surface area contributed by atoms with E-state index in [2.05, 4.69) is 0 Å². The summed E-state index contributed by atoms with van der Waals surface area (Å²) in [5.74, 6) is 0.505. The Morgan fingerprint density at radius 1 is 1.17 bits per heavy atom. The normalized spacial score (nSPS) is 12.0. The van der Waals surface area contributed by atoms with Crippen molar-refractivity contribution in [1.82, 2.24) is 0 Å². The molecule has 0 saturated heterocycles. The van der Waals surface area contributed by atoms with E-state index in [1.807, 2.05) is 32.0 Å². The highest BCUT2D eigenvalue weighted by molar-refractivity contribution is 7.61. The number of aryl methyl sites for hydroxylation is 2. The number of rotatable bonds is 2. The van der Waals surface area contributed by atoms with Crippen LogP contribution in [-0.4, -0.2) is 13.3 Å². The van der Waals surface area contributed by atoms with Crippen LogP contribution in [0.3, 0.4) is 0 Å². The molecule has 0 N–H and O–H groups in total. The topological polar surface area (TPSA) is 47.3 Å². The molecule has 1 aromatic carbocycles. The molecule has 0 fully saturated rings. The molecule has 0 atom stereocenters. The summed E-state index contributed by atoms with van der Waals surface area (Å²) in [6.45, 7) is 7.28. The molecule has 0 bridgehead atoms. The van der Waals surface area contributed by atoms with Crippen molar-refractivity contribution in [3.05, 3.63) is 45.5 Å². The fourth-order valence-corrected chi connectivity index (χ4v) is 3.13. The molecule has 0 radical (unpaired) electrons. The number of hydrogen-bond acceptors (Lipinski definition) is 3. The maximum atomic E-state index is 12.0. The SMILES string of the molecule is Cc1cc(C)c2c(=O)oc(CP(C)(C)=O)cc2c1. The third-order valence-electron chi connectivity index (χ3n) is 2.79. The van der Waals surface area contributed by atoms with Gasteiger partial charge in [-0.2, -0.15) is 0 Å². The van der Waals surface area contributed by atoms with Crippen molar-refractivity contribution < 1.29 is 8.98 Å². The first kappa shape index (κ1) is 13.1. The van der Waals surface area contributed by atoms with E-state index in [1.54, 1.807) is 13.3 Å². The summed E-state index contributed by atoms with van der Waals surface area (Å²) in [6, 6.07) is 5.75. The molecular weight excluding hydrogens is 247 g/mol. The van der Waals surface area contributed by atoms with E-state index in [0.29, 0.717) is 17.3 Å². The van der Waals surface area contributed by atoms with E-state index < -0.39 is 7.14 Å². The minimum atomic E-state index is -2.24. The third-order valence-corrected chi connectivity index (χ3v) is 3.86. The van der Waals surface area contributed by atoms with Crippen molar-refractivity contribution in [3.8, 4) is 0 Å². The molecule has 1 heterocycles. The second-order valence-electron chi connectivity index (χ2n) is 5.28. The van der Waals surface area contributed by atoms with Gasteiger partial charge in [-0.05, 0) is 44.2 Å². The average molecular weight is 264 g/mol. The summed E-state index contributed by atoms with van der Waals surface area (Å²) >= 11 is 0. The molecule has 18 heavy (non-hydrogen) atoms. The van der Waals surface area contributed by atoms with E-state index >= 15 is 0 Å². The molecule has 0 amide bonds. The van der Waals surface area contributed by atoms with Crippen LogP contribution in [0.5, 0.6) is 0 Å². The van der Waals surface area contributed by atoms with Crippen LogP contribution in [0.2, 0.25) is 0 Å². The molecule has 0 aliphatic rings. The lowest BCUT2D eigenvalue weighted by molar-refractivity contribution is 0.479. The van der Waals surface area contributed by atoms with Gasteiger partial charge in [0.1, 0.15) is 5.76 Å². The summed E-state index contributed by atoms with van der Waals surface area (Å²) in [7, 11) is -2.24. The maximum Gasteiger partial charge on any atom is 0.344 e. The first-order valence-corrected chi connectivity index (χ1v) is 8.63. The average Bonchev–Trinajstić information content (AvgIpc) is 2.11. The minimum Gasteiger partial charge on any atom is -0.427 e. The zero-order valence-corrected chi connectivity index (χ0v) is 12.0. The summed E-state index contributed by atoms with van der Waals surface area (Å²) in [5, 5.41) is 1.48. The second-order valence-corrected chi connectivity index (χ2v) is 8.74. The first-order chi connectivity index (χ1) is 8.26. The number of benzene rings is 1. The molecule has 2 rings (SSSR count). The van der Waals surface area contributed by atoms with Gasteiger partial charge in [0.2, 0.25) is 0 Å². The molecule has 3 nitrogen and oxygen atoms in total. The molecule has 0 saturated carbocycles. The van der Waals surface area contributed by atoms with E-state index in [4.69, 9.17) is 4.42 Å². The zero-order valence-electron chi connectivity index (χ0n) is 11.1. The van der Waals surface area contributed by atoms with E-state index in [1.165, 1.54) is 0 Å².